The molecule has 1 aliphatic rings. The van der Waals surface area contributed by atoms with Crippen LogP contribution in [0.5, 0.6) is 0 Å². The van der Waals surface area contributed by atoms with Gasteiger partial charge >= 0.3 is 6.18 Å². The first-order valence-corrected chi connectivity index (χ1v) is 8.99. The number of nitrogens with zero attached hydrogens (tertiary/aromatic N) is 1. The number of rotatable bonds is 3. The second-order valence-corrected chi connectivity index (χ2v) is 7.78. The summed E-state index contributed by atoms with van der Waals surface area (Å²) < 4.78 is 40.1. The first-order valence-electron chi connectivity index (χ1n) is 7.42. The molecule has 1 N–H and O–H groups in total. The third kappa shape index (κ3) is 5.02. The number of benzene rings is 1. The van der Waals surface area contributed by atoms with Crippen molar-refractivity contribution in [2.75, 3.05) is 26.2 Å². The van der Waals surface area contributed by atoms with Gasteiger partial charge in [-0.3, -0.25) is 4.90 Å². The molecular formula is C16H16Cl3F3N2S. The van der Waals surface area contributed by atoms with Crippen LogP contribution in [0.1, 0.15) is 22.0 Å². The van der Waals surface area contributed by atoms with Gasteiger partial charge in [-0.2, -0.15) is 13.2 Å². The summed E-state index contributed by atoms with van der Waals surface area (Å²) in [5, 5.41) is 3.34. The zero-order valence-corrected chi connectivity index (χ0v) is 16.1. The van der Waals surface area contributed by atoms with Gasteiger partial charge in [-0.1, -0.05) is 23.2 Å². The molecule has 1 aromatic carbocycles. The molecule has 0 saturated carbocycles. The fourth-order valence-electron chi connectivity index (χ4n) is 2.90. The summed E-state index contributed by atoms with van der Waals surface area (Å²) in [6, 6.07) is 7.11. The molecule has 1 saturated heterocycles. The molecule has 1 aromatic heterocycles. The summed E-state index contributed by atoms with van der Waals surface area (Å²) >= 11 is 13.4. The minimum absolute atomic E-state index is 0. The Hall–Kier alpha value is -0.500. The first kappa shape index (κ1) is 20.8. The number of hydrogen-bond acceptors (Lipinski definition) is 3. The van der Waals surface area contributed by atoms with Crippen LogP contribution in [0.2, 0.25) is 9.36 Å². The Bertz CT molecular complexity index is 715. The molecule has 0 bridgehead atoms. The van der Waals surface area contributed by atoms with Crippen molar-refractivity contribution < 1.29 is 13.2 Å². The van der Waals surface area contributed by atoms with E-state index in [4.69, 9.17) is 23.2 Å². The fourth-order valence-corrected chi connectivity index (χ4v) is 4.37. The quantitative estimate of drug-likeness (QED) is 0.691. The van der Waals surface area contributed by atoms with Crippen LogP contribution in [-0.2, 0) is 6.18 Å². The van der Waals surface area contributed by atoms with Crippen LogP contribution in [0.15, 0.2) is 30.3 Å². The van der Waals surface area contributed by atoms with E-state index < -0.39 is 11.7 Å². The molecule has 1 atom stereocenters. The monoisotopic (exact) mass is 430 g/mol. The zero-order chi connectivity index (χ0) is 17.3. The topological polar surface area (TPSA) is 15.3 Å². The number of piperazine rings is 1. The second-order valence-electron chi connectivity index (χ2n) is 5.60. The molecule has 0 unspecified atom stereocenters. The molecule has 1 fully saturated rings. The summed E-state index contributed by atoms with van der Waals surface area (Å²) in [5.74, 6) is 0. The summed E-state index contributed by atoms with van der Waals surface area (Å²) in [6.45, 7) is 3.08. The van der Waals surface area contributed by atoms with E-state index in [1.807, 2.05) is 6.07 Å². The van der Waals surface area contributed by atoms with Crippen LogP contribution < -0.4 is 5.32 Å². The van der Waals surface area contributed by atoms with Gasteiger partial charge in [0.1, 0.15) is 0 Å². The van der Waals surface area contributed by atoms with Crippen molar-refractivity contribution in [3.63, 3.8) is 0 Å². The Morgan fingerprint density at radius 2 is 1.76 bits per heavy atom. The highest BCUT2D eigenvalue weighted by Crippen LogP contribution is 2.39. The Morgan fingerprint density at radius 3 is 2.32 bits per heavy atom. The lowest BCUT2D eigenvalue weighted by Gasteiger charge is -2.35. The maximum absolute atomic E-state index is 13.2. The van der Waals surface area contributed by atoms with Crippen molar-refractivity contribution in [1.82, 2.24) is 10.2 Å². The summed E-state index contributed by atoms with van der Waals surface area (Å²) in [7, 11) is 0. The van der Waals surface area contributed by atoms with Crippen LogP contribution in [0.4, 0.5) is 13.2 Å². The molecule has 1 aliphatic heterocycles. The van der Waals surface area contributed by atoms with Crippen molar-refractivity contribution in [2.24, 2.45) is 0 Å². The van der Waals surface area contributed by atoms with Gasteiger partial charge in [-0.05, 0) is 35.9 Å². The Balaban J connectivity index is 0.00000225. The molecule has 2 nitrogen and oxygen atoms in total. The van der Waals surface area contributed by atoms with E-state index in [1.54, 1.807) is 12.1 Å². The van der Waals surface area contributed by atoms with Crippen LogP contribution in [0.25, 0.3) is 0 Å². The number of halogens is 6. The fraction of sp³-hybridized carbons (Fsp3) is 0.375. The Kier molecular flexibility index (Phi) is 7.04. The van der Waals surface area contributed by atoms with Crippen LogP contribution in [-0.4, -0.2) is 31.1 Å². The number of hydrogen-bond donors (Lipinski definition) is 1. The van der Waals surface area contributed by atoms with Gasteiger partial charge in [0, 0.05) is 36.1 Å². The zero-order valence-electron chi connectivity index (χ0n) is 12.9. The van der Waals surface area contributed by atoms with Crippen molar-refractivity contribution >= 4 is 46.9 Å². The molecule has 2 aromatic rings. The lowest BCUT2D eigenvalue weighted by atomic mass is 10.00. The summed E-state index contributed by atoms with van der Waals surface area (Å²) in [6.07, 6.45) is -4.43. The smallest absolute Gasteiger partial charge is 0.314 e. The predicted molar refractivity (Wildman–Crippen MR) is 99.3 cm³/mol. The lowest BCUT2D eigenvalue weighted by molar-refractivity contribution is -0.137. The highest BCUT2D eigenvalue weighted by Gasteiger charge is 2.33. The molecule has 0 amide bonds. The van der Waals surface area contributed by atoms with Gasteiger partial charge < -0.3 is 5.32 Å². The average Bonchev–Trinajstić information content (AvgIpc) is 2.93. The minimum atomic E-state index is -4.43. The van der Waals surface area contributed by atoms with E-state index in [-0.39, 0.29) is 23.5 Å². The normalized spacial score (nSPS) is 17.2. The van der Waals surface area contributed by atoms with Crippen LogP contribution in [0, 0.1) is 0 Å². The highest BCUT2D eigenvalue weighted by atomic mass is 35.5. The first-order chi connectivity index (χ1) is 11.3. The highest BCUT2D eigenvalue weighted by molar-refractivity contribution is 7.16. The summed E-state index contributed by atoms with van der Waals surface area (Å²) in [4.78, 5) is 3.07. The van der Waals surface area contributed by atoms with Gasteiger partial charge in [0.25, 0.3) is 0 Å². The van der Waals surface area contributed by atoms with Gasteiger partial charge in [0.2, 0.25) is 0 Å². The third-order valence-electron chi connectivity index (χ3n) is 3.94. The molecule has 3 rings (SSSR count). The third-order valence-corrected chi connectivity index (χ3v) is 5.45. The lowest BCUT2D eigenvalue weighted by Crippen LogP contribution is -2.45. The number of nitrogens with one attached hydrogen (secondary N) is 1. The largest absolute Gasteiger partial charge is 0.416 e. The van der Waals surface area contributed by atoms with Crippen LogP contribution >= 0.6 is 46.9 Å². The van der Waals surface area contributed by atoms with Gasteiger partial charge in [0.15, 0.2) is 0 Å². The van der Waals surface area contributed by atoms with Gasteiger partial charge in [0.05, 0.1) is 15.9 Å². The molecule has 0 aliphatic carbocycles. The SMILES string of the molecule is Cl.FC(F)(F)c1cc(Cl)cc([C@H](c2ccc(Cl)s2)N2CCNCC2)c1. The van der Waals surface area contributed by atoms with Crippen LogP contribution in [0.3, 0.4) is 0 Å². The summed E-state index contributed by atoms with van der Waals surface area (Å²) in [5.41, 5.74) is -0.192. The van der Waals surface area contributed by atoms with Crippen molar-refractivity contribution in [3.8, 4) is 0 Å². The van der Waals surface area contributed by atoms with E-state index in [9.17, 15) is 13.2 Å². The average molecular weight is 432 g/mol. The molecule has 9 heteroatoms. The van der Waals surface area contributed by atoms with E-state index >= 15 is 0 Å². The van der Waals surface area contributed by atoms with E-state index in [0.717, 1.165) is 37.1 Å². The van der Waals surface area contributed by atoms with E-state index in [0.29, 0.717) is 9.90 Å². The molecule has 25 heavy (non-hydrogen) atoms. The van der Waals surface area contributed by atoms with E-state index in [1.165, 1.54) is 17.4 Å². The van der Waals surface area contributed by atoms with Gasteiger partial charge in [-0.15, -0.1) is 23.7 Å². The number of alkyl halides is 3. The molecule has 0 spiro atoms. The maximum atomic E-state index is 13.2. The minimum Gasteiger partial charge on any atom is -0.314 e. The van der Waals surface area contributed by atoms with Crippen molar-refractivity contribution in [1.29, 1.82) is 0 Å². The van der Waals surface area contributed by atoms with E-state index in [2.05, 4.69) is 10.2 Å². The van der Waals surface area contributed by atoms with Crippen molar-refractivity contribution in [3.05, 3.63) is 55.7 Å². The molecular weight excluding hydrogens is 416 g/mol. The predicted octanol–water partition coefficient (Wildman–Crippen LogP) is 5.49. The Labute approximate surface area is 164 Å². The maximum Gasteiger partial charge on any atom is 0.416 e. The van der Waals surface area contributed by atoms with Gasteiger partial charge in [-0.25, -0.2) is 0 Å². The number of thiophene rings is 1. The molecule has 138 valence electrons. The Morgan fingerprint density at radius 1 is 1.08 bits per heavy atom. The molecule has 2 heterocycles. The van der Waals surface area contributed by atoms with Crippen molar-refractivity contribution in [2.45, 2.75) is 12.2 Å². The molecule has 0 radical (unpaired) electrons. The second kappa shape index (κ2) is 8.46. The standard InChI is InChI=1S/C16H15Cl2F3N2S.ClH/c17-12-8-10(7-11(9-12)16(19,20)21)15(13-1-2-14(18)24-13)23-5-3-22-4-6-23;/h1-2,7-9,15,22H,3-6H2;1H/t15-;/m1./s1.